The highest BCUT2D eigenvalue weighted by Crippen LogP contribution is 2.39. The number of carbonyl (C=O) groups excluding carboxylic acids is 2. The Balaban J connectivity index is 3.27. The Kier molecular flexibility index (Phi) is 5.78. The number of rotatable bonds is 3. The van der Waals surface area contributed by atoms with Crippen LogP contribution in [0.2, 0.25) is 0 Å². The van der Waals surface area contributed by atoms with Crippen molar-refractivity contribution in [3.05, 3.63) is 28.8 Å². The van der Waals surface area contributed by atoms with Gasteiger partial charge in [-0.3, -0.25) is 9.59 Å². The maximum Gasteiger partial charge on any atom is 0.311 e. The minimum absolute atomic E-state index is 0.225. The molecule has 0 radical (unpaired) electrons. The average molecular weight is 348 g/mol. The van der Waals surface area contributed by atoms with Crippen LogP contribution < -0.4 is 0 Å². The largest absolute Gasteiger partial charge is 0.507 e. The molecule has 0 aliphatic heterocycles. The summed E-state index contributed by atoms with van der Waals surface area (Å²) >= 11 is 0. The van der Waals surface area contributed by atoms with Crippen LogP contribution in [0.1, 0.15) is 83.8 Å². The van der Waals surface area contributed by atoms with Gasteiger partial charge in [-0.2, -0.15) is 0 Å². The topological polar surface area (TPSA) is 63.6 Å². The van der Waals surface area contributed by atoms with E-state index in [1.807, 2.05) is 41.5 Å². The van der Waals surface area contributed by atoms with Crippen LogP contribution in [0.15, 0.2) is 12.1 Å². The predicted octanol–water partition coefficient (Wildman–Crippen LogP) is 4.76. The van der Waals surface area contributed by atoms with Gasteiger partial charge in [0.2, 0.25) is 0 Å². The molecule has 0 bridgehead atoms. The third kappa shape index (κ3) is 5.32. The standard InChI is InChI=1S/C21H32O4/c1-19(2,3)14-10-13(11-15(17(14)23)20(4,5)6)16(22)12-25-18(24)21(7,8)9/h10-11,23H,12H2,1-9H3. The third-order valence-corrected chi connectivity index (χ3v) is 3.99. The number of phenols is 1. The van der Waals surface area contributed by atoms with Crippen molar-refractivity contribution in [2.75, 3.05) is 6.61 Å². The van der Waals surface area contributed by atoms with E-state index in [1.54, 1.807) is 32.9 Å². The lowest BCUT2D eigenvalue weighted by molar-refractivity contribution is -0.151. The fraction of sp³-hybridized carbons (Fsp3) is 0.619. The zero-order valence-corrected chi connectivity index (χ0v) is 17.0. The van der Waals surface area contributed by atoms with E-state index in [0.29, 0.717) is 16.7 Å². The summed E-state index contributed by atoms with van der Waals surface area (Å²) in [6.07, 6.45) is 0. The Bertz CT molecular complexity index is 630. The van der Waals surface area contributed by atoms with Gasteiger partial charge in [0.25, 0.3) is 0 Å². The van der Waals surface area contributed by atoms with E-state index >= 15 is 0 Å². The summed E-state index contributed by atoms with van der Waals surface area (Å²) in [5, 5.41) is 10.7. The first-order chi connectivity index (χ1) is 11.0. The predicted molar refractivity (Wildman–Crippen MR) is 100 cm³/mol. The first kappa shape index (κ1) is 21.2. The molecule has 0 unspecified atom stereocenters. The highest BCUT2D eigenvalue weighted by atomic mass is 16.5. The van der Waals surface area contributed by atoms with E-state index in [2.05, 4.69) is 0 Å². The van der Waals surface area contributed by atoms with Gasteiger partial charge in [0.15, 0.2) is 12.4 Å². The Morgan fingerprint density at radius 2 is 1.28 bits per heavy atom. The van der Waals surface area contributed by atoms with Gasteiger partial charge < -0.3 is 9.84 Å². The maximum atomic E-state index is 12.6. The second kappa shape index (κ2) is 6.81. The average Bonchev–Trinajstić information content (AvgIpc) is 2.40. The van der Waals surface area contributed by atoms with E-state index in [-0.39, 0.29) is 29.0 Å². The molecular formula is C21H32O4. The van der Waals surface area contributed by atoms with E-state index in [9.17, 15) is 14.7 Å². The van der Waals surface area contributed by atoms with E-state index < -0.39 is 11.4 Å². The molecule has 0 saturated heterocycles. The first-order valence-electron chi connectivity index (χ1n) is 8.63. The normalized spacial score (nSPS) is 12.8. The Labute approximate surface area is 151 Å². The van der Waals surface area contributed by atoms with E-state index in [0.717, 1.165) is 0 Å². The molecule has 4 nitrogen and oxygen atoms in total. The number of ketones is 1. The lowest BCUT2D eigenvalue weighted by Crippen LogP contribution is -2.26. The van der Waals surface area contributed by atoms with Crippen molar-refractivity contribution < 1.29 is 19.4 Å². The quantitative estimate of drug-likeness (QED) is 0.632. The van der Waals surface area contributed by atoms with Crippen molar-refractivity contribution in [2.24, 2.45) is 5.41 Å². The Morgan fingerprint density at radius 3 is 1.60 bits per heavy atom. The molecule has 0 aliphatic rings. The van der Waals surface area contributed by atoms with Crippen molar-refractivity contribution in [1.29, 1.82) is 0 Å². The third-order valence-electron chi connectivity index (χ3n) is 3.99. The Hall–Kier alpha value is -1.84. The molecule has 1 aromatic carbocycles. The van der Waals surface area contributed by atoms with Crippen LogP contribution in [0.5, 0.6) is 5.75 Å². The first-order valence-corrected chi connectivity index (χ1v) is 8.63. The highest BCUT2D eigenvalue weighted by molar-refractivity contribution is 5.99. The molecule has 4 heteroatoms. The summed E-state index contributed by atoms with van der Waals surface area (Å²) in [4.78, 5) is 24.5. The molecule has 25 heavy (non-hydrogen) atoms. The van der Waals surface area contributed by atoms with Crippen LogP contribution in [0.3, 0.4) is 0 Å². The lowest BCUT2D eigenvalue weighted by Gasteiger charge is -2.28. The fourth-order valence-electron chi connectivity index (χ4n) is 2.37. The zero-order valence-electron chi connectivity index (χ0n) is 17.0. The molecule has 1 aromatic rings. The smallest absolute Gasteiger partial charge is 0.311 e. The molecule has 0 aromatic heterocycles. The van der Waals surface area contributed by atoms with E-state index in [4.69, 9.17) is 4.74 Å². The number of Topliss-reactive ketones (excluding diaryl/α,β-unsaturated/α-hetero) is 1. The van der Waals surface area contributed by atoms with Crippen molar-refractivity contribution in [1.82, 2.24) is 0 Å². The Morgan fingerprint density at radius 1 is 0.880 bits per heavy atom. The number of hydrogen-bond acceptors (Lipinski definition) is 4. The van der Waals surface area contributed by atoms with Gasteiger partial charge in [-0.05, 0) is 43.7 Å². The highest BCUT2D eigenvalue weighted by Gasteiger charge is 2.29. The van der Waals surface area contributed by atoms with Crippen LogP contribution in [0.25, 0.3) is 0 Å². The van der Waals surface area contributed by atoms with Crippen molar-refractivity contribution >= 4 is 11.8 Å². The molecule has 0 spiro atoms. The van der Waals surface area contributed by atoms with Crippen LogP contribution >= 0.6 is 0 Å². The number of hydrogen-bond donors (Lipinski definition) is 1. The second-order valence-corrected chi connectivity index (χ2v) is 9.67. The summed E-state index contributed by atoms with van der Waals surface area (Å²) < 4.78 is 5.15. The molecule has 0 atom stereocenters. The molecule has 1 N–H and O–H groups in total. The molecular weight excluding hydrogens is 316 g/mol. The number of phenolic OH excluding ortho intramolecular Hbond substituents is 1. The maximum absolute atomic E-state index is 12.6. The molecule has 0 fully saturated rings. The van der Waals surface area contributed by atoms with Gasteiger partial charge in [-0.25, -0.2) is 0 Å². The van der Waals surface area contributed by atoms with Crippen LogP contribution in [-0.4, -0.2) is 23.5 Å². The van der Waals surface area contributed by atoms with Gasteiger partial charge in [0.1, 0.15) is 5.75 Å². The van der Waals surface area contributed by atoms with E-state index in [1.165, 1.54) is 0 Å². The van der Waals surface area contributed by atoms with Gasteiger partial charge in [0.05, 0.1) is 5.41 Å². The molecule has 1 rings (SSSR count). The minimum atomic E-state index is -0.650. The summed E-state index contributed by atoms with van der Waals surface area (Å²) in [6, 6.07) is 3.41. The van der Waals surface area contributed by atoms with Crippen molar-refractivity contribution in [3.63, 3.8) is 0 Å². The fourth-order valence-corrected chi connectivity index (χ4v) is 2.37. The number of ether oxygens (including phenoxy) is 1. The SMILES string of the molecule is CC(C)(C)C(=O)OCC(=O)c1cc(C(C)(C)C)c(O)c(C(C)(C)C)c1. The number of aromatic hydroxyl groups is 1. The molecule has 140 valence electrons. The summed E-state index contributed by atoms with van der Waals surface area (Å²) in [5.41, 5.74) is 0.595. The lowest BCUT2D eigenvalue weighted by atomic mass is 9.78. The number of esters is 1. The van der Waals surface area contributed by atoms with Gasteiger partial charge in [-0.15, -0.1) is 0 Å². The van der Waals surface area contributed by atoms with Gasteiger partial charge >= 0.3 is 5.97 Å². The monoisotopic (exact) mass is 348 g/mol. The van der Waals surface area contributed by atoms with Crippen LogP contribution in [0.4, 0.5) is 0 Å². The number of carbonyl (C=O) groups is 2. The van der Waals surface area contributed by atoms with Crippen molar-refractivity contribution in [2.45, 2.75) is 73.1 Å². The molecule has 0 amide bonds. The number of benzene rings is 1. The summed E-state index contributed by atoms with van der Waals surface area (Å²) in [7, 11) is 0. The summed E-state index contributed by atoms with van der Waals surface area (Å²) in [6.45, 7) is 16.9. The molecule has 0 aliphatic carbocycles. The minimum Gasteiger partial charge on any atom is -0.507 e. The molecule has 0 heterocycles. The second-order valence-electron chi connectivity index (χ2n) is 9.67. The molecule has 0 saturated carbocycles. The van der Waals surface area contributed by atoms with Gasteiger partial charge in [0, 0.05) is 16.7 Å². The van der Waals surface area contributed by atoms with Gasteiger partial charge in [-0.1, -0.05) is 41.5 Å². The summed E-state index contributed by atoms with van der Waals surface area (Å²) in [5.74, 6) is -0.455. The zero-order chi connectivity index (χ0) is 19.8. The van der Waals surface area contributed by atoms with Crippen LogP contribution in [-0.2, 0) is 20.4 Å². The van der Waals surface area contributed by atoms with Crippen LogP contribution in [0, 0.1) is 5.41 Å². The van der Waals surface area contributed by atoms with Crippen molar-refractivity contribution in [3.8, 4) is 5.75 Å².